The van der Waals surface area contributed by atoms with Gasteiger partial charge in [0.15, 0.2) is 0 Å². The lowest BCUT2D eigenvalue weighted by molar-refractivity contribution is 0.412. The Hall–Kier alpha value is -1.33. The third-order valence-electron chi connectivity index (χ3n) is 3.15. The van der Waals surface area contributed by atoms with Crippen molar-refractivity contribution in [2.45, 2.75) is 13.5 Å². The van der Waals surface area contributed by atoms with Crippen molar-refractivity contribution in [1.82, 2.24) is 15.1 Å². The Labute approximate surface area is 121 Å². The summed E-state index contributed by atoms with van der Waals surface area (Å²) in [5.41, 5.74) is 4.54. The van der Waals surface area contributed by atoms with Crippen LogP contribution >= 0.6 is 15.9 Å². The molecule has 0 amide bonds. The van der Waals surface area contributed by atoms with Crippen LogP contribution in [-0.2, 0) is 13.6 Å². The van der Waals surface area contributed by atoms with Crippen LogP contribution in [0.4, 0.5) is 0 Å². The molecule has 0 unspecified atom stereocenters. The minimum Gasteiger partial charge on any atom is -0.496 e. The second-order valence-electron chi connectivity index (χ2n) is 4.42. The second-order valence-corrected chi connectivity index (χ2v) is 5.28. The van der Waals surface area contributed by atoms with Crippen LogP contribution < -0.4 is 10.1 Å². The third-order valence-corrected chi connectivity index (χ3v) is 3.77. The van der Waals surface area contributed by atoms with Gasteiger partial charge in [-0.1, -0.05) is 0 Å². The van der Waals surface area contributed by atoms with E-state index < -0.39 is 0 Å². The summed E-state index contributed by atoms with van der Waals surface area (Å²) in [7, 11) is 5.57. The van der Waals surface area contributed by atoms with E-state index in [0.717, 1.165) is 33.7 Å². The predicted octanol–water partition coefficient (Wildman–Crippen LogP) is 2.89. The number of nitrogens with zero attached hydrogens (tertiary/aromatic N) is 2. The molecule has 4 nitrogen and oxygen atoms in total. The fourth-order valence-electron chi connectivity index (χ4n) is 2.24. The number of methoxy groups -OCH3 is 1. The van der Waals surface area contributed by atoms with Crippen LogP contribution in [-0.4, -0.2) is 23.9 Å². The fourth-order valence-corrected chi connectivity index (χ4v) is 2.78. The maximum atomic E-state index is 5.26. The van der Waals surface area contributed by atoms with Crippen LogP contribution in [0.1, 0.15) is 11.3 Å². The van der Waals surface area contributed by atoms with Gasteiger partial charge < -0.3 is 10.1 Å². The van der Waals surface area contributed by atoms with Gasteiger partial charge in [0.25, 0.3) is 0 Å². The molecule has 5 heteroatoms. The lowest BCUT2D eigenvalue weighted by Crippen LogP contribution is -2.06. The molecule has 0 aliphatic carbocycles. The maximum Gasteiger partial charge on any atom is 0.133 e. The Morgan fingerprint density at radius 3 is 2.74 bits per heavy atom. The third kappa shape index (κ3) is 2.67. The number of aromatic nitrogens is 2. The van der Waals surface area contributed by atoms with Gasteiger partial charge in [-0.05, 0) is 53.7 Å². The SMILES string of the molecule is CNCc1nn(C)c(-c2ccc(OC)c(Br)c2)c1C. The topological polar surface area (TPSA) is 39.1 Å². The summed E-state index contributed by atoms with van der Waals surface area (Å²) in [5.74, 6) is 0.832. The molecule has 102 valence electrons. The second kappa shape index (κ2) is 5.75. The van der Waals surface area contributed by atoms with Gasteiger partial charge in [-0.15, -0.1) is 0 Å². The van der Waals surface area contributed by atoms with Crippen molar-refractivity contribution < 1.29 is 4.74 Å². The van der Waals surface area contributed by atoms with Crippen molar-refractivity contribution >= 4 is 15.9 Å². The molecule has 2 rings (SSSR count). The van der Waals surface area contributed by atoms with E-state index in [1.807, 2.05) is 24.8 Å². The average molecular weight is 324 g/mol. The number of rotatable bonds is 4. The number of benzene rings is 1. The molecule has 1 aromatic heterocycles. The van der Waals surface area contributed by atoms with Gasteiger partial charge in [-0.2, -0.15) is 5.10 Å². The molecule has 0 saturated heterocycles. The first-order valence-corrected chi connectivity index (χ1v) is 6.88. The Kier molecular flexibility index (Phi) is 4.27. The van der Waals surface area contributed by atoms with Crippen molar-refractivity contribution in [1.29, 1.82) is 0 Å². The molecule has 0 fully saturated rings. The van der Waals surface area contributed by atoms with Gasteiger partial charge in [-0.3, -0.25) is 4.68 Å². The zero-order chi connectivity index (χ0) is 14.0. The maximum absolute atomic E-state index is 5.26. The first-order valence-electron chi connectivity index (χ1n) is 6.09. The van der Waals surface area contributed by atoms with E-state index in [4.69, 9.17) is 4.74 Å². The van der Waals surface area contributed by atoms with Crippen molar-refractivity contribution in [3.8, 4) is 17.0 Å². The number of nitrogens with one attached hydrogen (secondary N) is 1. The Bertz CT molecular complexity index is 593. The van der Waals surface area contributed by atoms with Gasteiger partial charge in [0, 0.05) is 19.2 Å². The van der Waals surface area contributed by atoms with Crippen LogP contribution in [0.5, 0.6) is 5.75 Å². The van der Waals surface area contributed by atoms with E-state index in [1.165, 1.54) is 5.56 Å². The number of aryl methyl sites for hydroxylation is 1. The Morgan fingerprint density at radius 2 is 2.16 bits per heavy atom. The van der Waals surface area contributed by atoms with Crippen LogP contribution in [0.25, 0.3) is 11.3 Å². The summed E-state index contributed by atoms with van der Waals surface area (Å²) in [6.45, 7) is 2.88. The molecule has 0 radical (unpaired) electrons. The van der Waals surface area contributed by atoms with Crippen molar-refractivity contribution in [2.75, 3.05) is 14.2 Å². The molecule has 1 aromatic carbocycles. The first kappa shape index (κ1) is 14.1. The molecule has 19 heavy (non-hydrogen) atoms. The predicted molar refractivity (Wildman–Crippen MR) is 80.4 cm³/mol. The smallest absolute Gasteiger partial charge is 0.133 e. The van der Waals surface area contributed by atoms with Crippen LogP contribution in [0.2, 0.25) is 0 Å². The number of halogens is 1. The van der Waals surface area contributed by atoms with E-state index in [-0.39, 0.29) is 0 Å². The van der Waals surface area contributed by atoms with E-state index in [9.17, 15) is 0 Å². The van der Waals surface area contributed by atoms with Crippen LogP contribution in [0.3, 0.4) is 0 Å². The number of hydrogen-bond acceptors (Lipinski definition) is 3. The lowest BCUT2D eigenvalue weighted by atomic mass is 10.1. The molecule has 0 atom stereocenters. The quantitative estimate of drug-likeness (QED) is 0.940. The molecule has 0 spiro atoms. The molecular formula is C14H18BrN3O. The van der Waals surface area contributed by atoms with Crippen molar-refractivity contribution in [3.05, 3.63) is 33.9 Å². The zero-order valence-corrected chi connectivity index (χ0v) is 13.2. The minimum atomic E-state index is 0.775. The van der Waals surface area contributed by atoms with Gasteiger partial charge in [0.05, 0.1) is 23.0 Å². The van der Waals surface area contributed by atoms with Gasteiger partial charge >= 0.3 is 0 Å². The van der Waals surface area contributed by atoms with Gasteiger partial charge in [-0.25, -0.2) is 0 Å². The fraction of sp³-hybridized carbons (Fsp3) is 0.357. The zero-order valence-electron chi connectivity index (χ0n) is 11.6. The van der Waals surface area contributed by atoms with Crippen LogP contribution in [0.15, 0.2) is 22.7 Å². The molecule has 0 aliphatic rings. The van der Waals surface area contributed by atoms with E-state index in [2.05, 4.69) is 45.4 Å². The summed E-state index contributed by atoms with van der Waals surface area (Å²) in [5, 5.41) is 7.70. The normalized spacial score (nSPS) is 10.8. The van der Waals surface area contributed by atoms with Gasteiger partial charge in [0.2, 0.25) is 0 Å². The Morgan fingerprint density at radius 1 is 1.42 bits per heavy atom. The average Bonchev–Trinajstić information content (AvgIpc) is 2.65. The standard InChI is InChI=1S/C14H18BrN3O/c1-9-12(8-16-2)17-18(3)14(9)10-5-6-13(19-4)11(15)7-10/h5-7,16H,8H2,1-4H3. The van der Waals surface area contributed by atoms with E-state index in [1.54, 1.807) is 7.11 Å². The Balaban J connectivity index is 2.49. The van der Waals surface area contributed by atoms with E-state index >= 15 is 0 Å². The van der Waals surface area contributed by atoms with Crippen molar-refractivity contribution in [2.24, 2.45) is 7.05 Å². The molecule has 0 aliphatic heterocycles. The summed E-state index contributed by atoms with van der Waals surface area (Å²) in [6.07, 6.45) is 0. The lowest BCUT2D eigenvalue weighted by Gasteiger charge is -2.08. The summed E-state index contributed by atoms with van der Waals surface area (Å²) in [6, 6.07) is 6.08. The van der Waals surface area contributed by atoms with E-state index in [0.29, 0.717) is 0 Å². The minimum absolute atomic E-state index is 0.775. The molecule has 1 N–H and O–H groups in total. The molecular weight excluding hydrogens is 306 g/mol. The highest BCUT2D eigenvalue weighted by Crippen LogP contribution is 2.32. The van der Waals surface area contributed by atoms with Crippen molar-refractivity contribution in [3.63, 3.8) is 0 Å². The molecule has 2 aromatic rings. The highest BCUT2D eigenvalue weighted by Gasteiger charge is 2.14. The molecule has 0 saturated carbocycles. The highest BCUT2D eigenvalue weighted by atomic mass is 79.9. The number of hydrogen-bond donors (Lipinski definition) is 1. The monoisotopic (exact) mass is 323 g/mol. The highest BCUT2D eigenvalue weighted by molar-refractivity contribution is 9.10. The largest absolute Gasteiger partial charge is 0.496 e. The van der Waals surface area contributed by atoms with Gasteiger partial charge in [0.1, 0.15) is 5.75 Å². The molecule has 0 bridgehead atoms. The number of ether oxygens (including phenoxy) is 1. The summed E-state index contributed by atoms with van der Waals surface area (Å²) < 4.78 is 8.14. The summed E-state index contributed by atoms with van der Waals surface area (Å²) >= 11 is 3.52. The first-order chi connectivity index (χ1) is 9.08. The van der Waals surface area contributed by atoms with Crippen LogP contribution in [0, 0.1) is 6.92 Å². The summed E-state index contributed by atoms with van der Waals surface area (Å²) in [4.78, 5) is 0. The molecule has 1 heterocycles.